The van der Waals surface area contributed by atoms with E-state index in [-0.39, 0.29) is 11.2 Å². The topological polar surface area (TPSA) is 0 Å². The molecule has 106 valence electrons. The highest BCUT2D eigenvalue weighted by molar-refractivity contribution is 6.23. The van der Waals surface area contributed by atoms with Gasteiger partial charge in [-0.1, -0.05) is 42.5 Å². The van der Waals surface area contributed by atoms with Crippen LogP contribution in [-0.2, 0) is 0 Å². The number of aryl methyl sites for hydroxylation is 2. The minimum absolute atomic E-state index is 0.252. The van der Waals surface area contributed by atoms with E-state index in [0.29, 0.717) is 0 Å². The average molecular weight is 299 g/mol. The third-order valence-corrected chi connectivity index (χ3v) is 4.43. The second-order valence-electron chi connectivity index (χ2n) is 5.38. The molecule has 3 aromatic carbocycles. The first-order chi connectivity index (χ1) is 10.1. The van der Waals surface area contributed by atoms with E-state index < -0.39 is 0 Å². The molecule has 0 N–H and O–H groups in total. The molecule has 21 heavy (non-hydrogen) atoms. The highest BCUT2D eigenvalue weighted by Gasteiger charge is 2.17. The summed E-state index contributed by atoms with van der Waals surface area (Å²) in [6.07, 6.45) is 0. The quantitative estimate of drug-likeness (QED) is 0.515. The predicted molar refractivity (Wildman–Crippen MR) is 87.5 cm³/mol. The van der Waals surface area contributed by atoms with Gasteiger partial charge in [0.15, 0.2) is 0 Å². The van der Waals surface area contributed by atoms with E-state index in [0.717, 1.165) is 22.1 Å². The van der Waals surface area contributed by atoms with Crippen LogP contribution in [0.15, 0.2) is 54.6 Å². The van der Waals surface area contributed by atoms with Crippen LogP contribution in [0.4, 0.5) is 4.39 Å². The first-order valence-electron chi connectivity index (χ1n) is 6.96. The van der Waals surface area contributed by atoms with E-state index in [1.807, 2.05) is 25.1 Å². The lowest BCUT2D eigenvalue weighted by Gasteiger charge is -2.16. The second kappa shape index (κ2) is 5.50. The van der Waals surface area contributed by atoms with Crippen molar-refractivity contribution in [2.45, 2.75) is 19.2 Å². The molecular formula is C19H16ClF. The van der Waals surface area contributed by atoms with Crippen molar-refractivity contribution in [2.24, 2.45) is 0 Å². The molecule has 3 aromatic rings. The van der Waals surface area contributed by atoms with Crippen LogP contribution in [0.1, 0.15) is 27.6 Å². The van der Waals surface area contributed by atoms with Gasteiger partial charge >= 0.3 is 0 Å². The zero-order valence-corrected chi connectivity index (χ0v) is 12.8. The van der Waals surface area contributed by atoms with Crippen molar-refractivity contribution in [1.29, 1.82) is 0 Å². The summed E-state index contributed by atoms with van der Waals surface area (Å²) in [4.78, 5) is 0. The highest BCUT2D eigenvalue weighted by atomic mass is 35.5. The van der Waals surface area contributed by atoms with Gasteiger partial charge in [0, 0.05) is 0 Å². The van der Waals surface area contributed by atoms with Gasteiger partial charge in [0.1, 0.15) is 5.82 Å². The summed E-state index contributed by atoms with van der Waals surface area (Å²) in [5.41, 5.74) is 4.06. The molecule has 0 aliphatic carbocycles. The van der Waals surface area contributed by atoms with Crippen molar-refractivity contribution in [3.8, 4) is 0 Å². The van der Waals surface area contributed by atoms with Crippen LogP contribution in [0.3, 0.4) is 0 Å². The van der Waals surface area contributed by atoms with Gasteiger partial charge in [0.05, 0.1) is 5.38 Å². The molecule has 0 bridgehead atoms. The van der Waals surface area contributed by atoms with Gasteiger partial charge in [-0.25, -0.2) is 4.39 Å². The predicted octanol–water partition coefficient (Wildman–Crippen LogP) is 5.92. The largest absolute Gasteiger partial charge is 0.207 e. The van der Waals surface area contributed by atoms with Crippen LogP contribution in [-0.4, -0.2) is 0 Å². The minimum Gasteiger partial charge on any atom is -0.207 e. The van der Waals surface area contributed by atoms with Crippen molar-refractivity contribution >= 4 is 22.4 Å². The SMILES string of the molecule is Cc1ccc(F)cc1C(Cl)c1ccc(C)c2ccccc12. The lowest BCUT2D eigenvalue weighted by atomic mass is 9.93. The van der Waals surface area contributed by atoms with Crippen molar-refractivity contribution < 1.29 is 4.39 Å². The summed E-state index contributed by atoms with van der Waals surface area (Å²) in [6.45, 7) is 4.04. The fourth-order valence-corrected chi connectivity index (χ4v) is 3.17. The molecule has 0 heterocycles. The summed E-state index contributed by atoms with van der Waals surface area (Å²) in [7, 11) is 0. The molecule has 1 atom stereocenters. The Morgan fingerprint density at radius 1 is 0.810 bits per heavy atom. The molecule has 0 fully saturated rings. The van der Waals surface area contributed by atoms with Crippen LogP contribution in [0.25, 0.3) is 10.8 Å². The minimum atomic E-state index is -0.355. The third-order valence-electron chi connectivity index (χ3n) is 3.96. The second-order valence-corrected chi connectivity index (χ2v) is 5.82. The molecule has 0 spiro atoms. The number of hydrogen-bond donors (Lipinski definition) is 0. The Labute approximate surface area is 129 Å². The Hall–Kier alpha value is -1.86. The maximum Gasteiger partial charge on any atom is 0.123 e. The number of halogens is 2. The van der Waals surface area contributed by atoms with Crippen LogP contribution in [0.2, 0.25) is 0 Å². The van der Waals surface area contributed by atoms with Gasteiger partial charge < -0.3 is 0 Å². The first-order valence-corrected chi connectivity index (χ1v) is 7.40. The van der Waals surface area contributed by atoms with E-state index >= 15 is 0 Å². The van der Waals surface area contributed by atoms with Crippen LogP contribution in [0, 0.1) is 19.7 Å². The molecule has 0 saturated heterocycles. The monoisotopic (exact) mass is 298 g/mol. The maximum absolute atomic E-state index is 13.5. The molecule has 0 aliphatic heterocycles. The molecule has 0 radical (unpaired) electrons. The maximum atomic E-state index is 13.5. The number of hydrogen-bond acceptors (Lipinski definition) is 0. The molecule has 0 nitrogen and oxygen atoms in total. The molecule has 0 saturated carbocycles. The van der Waals surface area contributed by atoms with Gasteiger partial charge in [0.25, 0.3) is 0 Å². The van der Waals surface area contributed by atoms with Crippen LogP contribution in [0.5, 0.6) is 0 Å². The summed E-state index contributed by atoms with van der Waals surface area (Å²) >= 11 is 6.67. The number of benzene rings is 3. The summed E-state index contributed by atoms with van der Waals surface area (Å²) in [6, 6.07) is 17.1. The molecule has 0 aromatic heterocycles. The lowest BCUT2D eigenvalue weighted by Crippen LogP contribution is -1.99. The lowest BCUT2D eigenvalue weighted by molar-refractivity contribution is 0.625. The van der Waals surface area contributed by atoms with Crippen molar-refractivity contribution in [3.05, 3.63) is 82.7 Å². The van der Waals surface area contributed by atoms with Crippen LogP contribution < -0.4 is 0 Å². The molecule has 0 amide bonds. The number of alkyl halides is 1. The molecule has 2 heteroatoms. The summed E-state index contributed by atoms with van der Waals surface area (Å²) in [5, 5.41) is 1.96. The molecule has 3 rings (SSSR count). The van der Waals surface area contributed by atoms with Crippen molar-refractivity contribution in [3.63, 3.8) is 0 Å². The summed E-state index contributed by atoms with van der Waals surface area (Å²) < 4.78 is 13.5. The third kappa shape index (κ3) is 2.54. The first kappa shape index (κ1) is 14.1. The molecule has 1 unspecified atom stereocenters. The van der Waals surface area contributed by atoms with Gasteiger partial charge in [-0.2, -0.15) is 0 Å². The van der Waals surface area contributed by atoms with Gasteiger partial charge in [-0.15, -0.1) is 11.6 Å². The zero-order valence-electron chi connectivity index (χ0n) is 12.0. The fraction of sp³-hybridized carbons (Fsp3) is 0.158. The number of fused-ring (bicyclic) bond motifs is 1. The van der Waals surface area contributed by atoms with Gasteiger partial charge in [-0.05, 0) is 59.0 Å². The molecule has 0 aliphatic rings. The normalized spacial score (nSPS) is 12.6. The zero-order chi connectivity index (χ0) is 15.0. The Balaban J connectivity index is 2.20. The Kier molecular flexibility index (Phi) is 3.69. The van der Waals surface area contributed by atoms with E-state index in [4.69, 9.17) is 11.6 Å². The summed E-state index contributed by atoms with van der Waals surface area (Å²) in [5.74, 6) is -0.252. The molecular weight excluding hydrogens is 283 g/mol. The highest BCUT2D eigenvalue weighted by Crippen LogP contribution is 2.36. The van der Waals surface area contributed by atoms with Crippen LogP contribution >= 0.6 is 11.6 Å². The van der Waals surface area contributed by atoms with E-state index in [9.17, 15) is 4.39 Å². The fourth-order valence-electron chi connectivity index (χ4n) is 2.75. The van der Waals surface area contributed by atoms with E-state index in [1.54, 1.807) is 6.07 Å². The average Bonchev–Trinajstić information content (AvgIpc) is 2.50. The van der Waals surface area contributed by atoms with E-state index in [1.165, 1.54) is 23.1 Å². The standard InChI is InChI=1S/C19H16ClF/c1-12-8-10-17(16-6-4-3-5-15(12)16)19(20)18-11-14(21)9-7-13(18)2/h3-11,19H,1-2H3. The Morgan fingerprint density at radius 2 is 1.48 bits per heavy atom. The van der Waals surface area contributed by atoms with Gasteiger partial charge in [0.2, 0.25) is 0 Å². The van der Waals surface area contributed by atoms with Gasteiger partial charge in [-0.3, -0.25) is 0 Å². The number of rotatable bonds is 2. The smallest absolute Gasteiger partial charge is 0.123 e. The van der Waals surface area contributed by atoms with Crippen molar-refractivity contribution in [1.82, 2.24) is 0 Å². The Morgan fingerprint density at radius 3 is 2.24 bits per heavy atom. The Bertz CT molecular complexity index is 808. The van der Waals surface area contributed by atoms with Crippen molar-refractivity contribution in [2.75, 3.05) is 0 Å². The van der Waals surface area contributed by atoms with E-state index in [2.05, 4.69) is 25.1 Å².